The zero-order chi connectivity index (χ0) is 7.84. The first kappa shape index (κ1) is 6.41. The van der Waals surface area contributed by atoms with E-state index in [4.69, 9.17) is 5.73 Å². The van der Waals surface area contributed by atoms with Crippen LogP contribution in [0.2, 0.25) is 0 Å². The first-order valence-corrected chi connectivity index (χ1v) is 3.37. The lowest BCUT2D eigenvalue weighted by Gasteiger charge is -1.92. The van der Waals surface area contributed by atoms with Crippen LogP contribution < -0.4 is 16.0 Å². The van der Waals surface area contributed by atoms with E-state index in [2.05, 4.69) is 32.9 Å². The van der Waals surface area contributed by atoms with E-state index in [0.717, 1.165) is 0 Å². The SMILES string of the molecule is Nc1nc(S)c2c(n1)[N+]=CN2. The Morgan fingerprint density at radius 3 is 3.18 bits per heavy atom. The third-order valence-corrected chi connectivity index (χ3v) is 1.61. The highest BCUT2D eigenvalue weighted by Gasteiger charge is 2.22. The predicted molar refractivity (Wildman–Crippen MR) is 45.2 cm³/mol. The van der Waals surface area contributed by atoms with Crippen LogP contribution in [0.3, 0.4) is 0 Å². The minimum atomic E-state index is 0.189. The van der Waals surface area contributed by atoms with Crippen LogP contribution in [0.4, 0.5) is 17.5 Å². The standard InChI is InChI=1S/C5H5N5S/c6-5-9-3-2(4(11)10-5)7-1-8-3/h1,7H,(H3,6,9,10,11)/q+1. The van der Waals surface area contributed by atoms with Gasteiger partial charge in [0.2, 0.25) is 12.0 Å². The molecule has 0 fully saturated rings. The molecule has 0 saturated carbocycles. The van der Waals surface area contributed by atoms with Crippen LogP contribution in [0.5, 0.6) is 0 Å². The van der Waals surface area contributed by atoms with Crippen LogP contribution in [0.1, 0.15) is 0 Å². The lowest BCUT2D eigenvalue weighted by Crippen LogP contribution is -1.97. The minimum absolute atomic E-state index is 0.189. The van der Waals surface area contributed by atoms with Crippen molar-refractivity contribution in [1.82, 2.24) is 15.0 Å². The van der Waals surface area contributed by atoms with Gasteiger partial charge in [-0.1, -0.05) is 9.98 Å². The maximum atomic E-state index is 5.36. The summed E-state index contributed by atoms with van der Waals surface area (Å²) in [5.41, 5.74) is 6.07. The van der Waals surface area contributed by atoms with Crippen LogP contribution in [0.15, 0.2) is 5.03 Å². The first-order chi connectivity index (χ1) is 5.27. The Balaban J connectivity index is 2.66. The molecular formula is C5H5N5S+. The van der Waals surface area contributed by atoms with E-state index in [-0.39, 0.29) is 5.95 Å². The van der Waals surface area contributed by atoms with Crippen LogP contribution in [-0.2, 0) is 0 Å². The molecule has 0 aliphatic carbocycles. The molecule has 5 nitrogen and oxygen atoms in total. The van der Waals surface area contributed by atoms with Crippen molar-refractivity contribution in [2.45, 2.75) is 5.03 Å². The van der Waals surface area contributed by atoms with Gasteiger partial charge in [0.25, 0.3) is 5.95 Å². The summed E-state index contributed by atoms with van der Waals surface area (Å²) in [4.78, 5) is 11.6. The van der Waals surface area contributed by atoms with Gasteiger partial charge in [0, 0.05) is 0 Å². The molecule has 55 valence electrons. The number of nitrogens with two attached hydrogens (primary N) is 1. The fourth-order valence-corrected chi connectivity index (χ4v) is 1.10. The Morgan fingerprint density at radius 2 is 2.36 bits per heavy atom. The second-order valence-corrected chi connectivity index (χ2v) is 2.43. The molecular weight excluding hydrogens is 162 g/mol. The van der Waals surface area contributed by atoms with Crippen LogP contribution in [-0.4, -0.2) is 16.3 Å². The van der Waals surface area contributed by atoms with E-state index in [1.165, 1.54) is 6.34 Å². The minimum Gasteiger partial charge on any atom is -0.354 e. The average molecular weight is 167 g/mol. The van der Waals surface area contributed by atoms with E-state index < -0.39 is 0 Å². The Labute approximate surface area is 68.2 Å². The quantitative estimate of drug-likeness (QED) is 0.368. The van der Waals surface area contributed by atoms with Gasteiger partial charge in [-0.05, 0) is 0 Å². The number of nitrogens with zero attached hydrogens (tertiary/aromatic N) is 3. The summed E-state index contributed by atoms with van der Waals surface area (Å²) in [6.45, 7) is 0. The molecule has 1 radical (unpaired) electrons. The summed E-state index contributed by atoms with van der Waals surface area (Å²) in [6, 6.07) is 0. The Morgan fingerprint density at radius 1 is 1.55 bits per heavy atom. The van der Waals surface area contributed by atoms with Gasteiger partial charge in [0.15, 0.2) is 0 Å². The summed E-state index contributed by atoms with van der Waals surface area (Å²) in [5, 5.41) is 3.37. The van der Waals surface area contributed by atoms with Crippen molar-refractivity contribution in [1.29, 1.82) is 0 Å². The second-order valence-electron chi connectivity index (χ2n) is 2.01. The smallest absolute Gasteiger partial charge is 0.342 e. The monoisotopic (exact) mass is 167 g/mol. The average Bonchev–Trinajstić information content (AvgIpc) is 2.34. The molecule has 0 amide bonds. The molecule has 1 aliphatic heterocycles. The number of aliphatic imine (C=N–C) groups is 1. The molecule has 6 heteroatoms. The molecule has 1 aromatic rings. The fraction of sp³-hybridized carbons (Fsp3) is 0. The fourth-order valence-electron chi connectivity index (χ4n) is 0.834. The van der Waals surface area contributed by atoms with E-state index in [9.17, 15) is 0 Å². The summed E-state index contributed by atoms with van der Waals surface area (Å²) >= 11 is 4.08. The van der Waals surface area contributed by atoms with Gasteiger partial charge in [-0.25, -0.2) is 0 Å². The normalized spacial score (nSPS) is 12.8. The van der Waals surface area contributed by atoms with E-state index in [1.807, 2.05) is 0 Å². The maximum absolute atomic E-state index is 5.36. The number of thiol groups is 1. The zero-order valence-corrected chi connectivity index (χ0v) is 6.34. The number of fused-ring (bicyclic) bond motifs is 1. The van der Waals surface area contributed by atoms with Crippen molar-refractivity contribution >= 4 is 36.4 Å². The van der Waals surface area contributed by atoms with E-state index in [0.29, 0.717) is 16.5 Å². The lowest BCUT2D eigenvalue weighted by molar-refractivity contribution is 1.07. The summed E-state index contributed by atoms with van der Waals surface area (Å²) in [7, 11) is 0. The molecule has 0 unspecified atom stereocenters. The first-order valence-electron chi connectivity index (χ1n) is 2.93. The van der Waals surface area contributed by atoms with Crippen LogP contribution in [0.25, 0.3) is 0 Å². The summed E-state index contributed by atoms with van der Waals surface area (Å²) in [6.07, 6.45) is 1.53. The largest absolute Gasteiger partial charge is 0.354 e. The molecule has 0 atom stereocenters. The number of nitrogens with one attached hydrogen (secondary N) is 1. The Bertz CT molecular complexity index is 334. The van der Waals surface area contributed by atoms with Crippen LogP contribution in [0, 0.1) is 0 Å². The summed E-state index contributed by atoms with van der Waals surface area (Å²) < 4.78 is 0. The Kier molecular flexibility index (Phi) is 1.22. The highest BCUT2D eigenvalue weighted by Crippen LogP contribution is 2.27. The van der Waals surface area contributed by atoms with Crippen LogP contribution >= 0.6 is 12.6 Å². The molecule has 0 bridgehead atoms. The molecule has 1 aromatic heterocycles. The van der Waals surface area contributed by atoms with Crippen molar-refractivity contribution < 1.29 is 0 Å². The van der Waals surface area contributed by atoms with Gasteiger partial charge < -0.3 is 5.73 Å². The molecule has 2 rings (SSSR count). The highest BCUT2D eigenvalue weighted by atomic mass is 32.1. The molecule has 0 aromatic carbocycles. The molecule has 0 saturated heterocycles. The third kappa shape index (κ3) is 0.911. The number of hydrogen-bond donors (Lipinski definition) is 3. The number of rotatable bonds is 0. The zero-order valence-electron chi connectivity index (χ0n) is 5.44. The lowest BCUT2D eigenvalue weighted by atomic mass is 10.5. The summed E-state index contributed by atoms with van der Waals surface area (Å²) in [5.74, 6) is 0.733. The molecule has 0 spiro atoms. The topological polar surface area (TPSA) is 77.9 Å². The van der Waals surface area contributed by atoms with Gasteiger partial charge >= 0.3 is 5.82 Å². The number of nitrogen functional groups attached to an aromatic ring is 1. The van der Waals surface area contributed by atoms with Gasteiger partial charge in [-0.2, -0.15) is 4.98 Å². The van der Waals surface area contributed by atoms with E-state index >= 15 is 0 Å². The molecule has 11 heavy (non-hydrogen) atoms. The number of anilines is 2. The second kappa shape index (κ2) is 2.09. The third-order valence-electron chi connectivity index (χ3n) is 1.28. The van der Waals surface area contributed by atoms with Gasteiger partial charge in [-0.3, -0.25) is 5.32 Å². The van der Waals surface area contributed by atoms with Gasteiger partial charge in [-0.15, -0.1) is 12.6 Å². The highest BCUT2D eigenvalue weighted by molar-refractivity contribution is 7.80. The Hall–Kier alpha value is -1.30. The van der Waals surface area contributed by atoms with Crippen molar-refractivity contribution in [3.63, 3.8) is 0 Å². The maximum Gasteiger partial charge on any atom is 0.342 e. The van der Waals surface area contributed by atoms with Gasteiger partial charge in [0.1, 0.15) is 5.03 Å². The van der Waals surface area contributed by atoms with Gasteiger partial charge in [0.05, 0.1) is 0 Å². The molecule has 3 N–H and O–H groups in total. The van der Waals surface area contributed by atoms with Crippen molar-refractivity contribution in [3.8, 4) is 0 Å². The van der Waals surface area contributed by atoms with Crippen molar-refractivity contribution in [2.24, 2.45) is 0 Å². The number of aromatic nitrogens is 2. The molecule has 2 heterocycles. The van der Waals surface area contributed by atoms with E-state index in [1.54, 1.807) is 0 Å². The number of hydrogen-bond acceptors (Lipinski definition) is 6. The van der Waals surface area contributed by atoms with Crippen molar-refractivity contribution in [2.75, 3.05) is 11.1 Å². The molecule has 1 aliphatic rings. The predicted octanol–water partition coefficient (Wildman–Crippen LogP) is -0.231. The van der Waals surface area contributed by atoms with Crippen molar-refractivity contribution in [3.05, 3.63) is 0 Å².